The van der Waals surface area contributed by atoms with E-state index in [0.717, 1.165) is 0 Å². The standard InChI is InChI=1S/C11H10N6O3/c12-16-9-3-1-2-8(10(9)17(19)20)11(18)15-7-4-13-6-14-5-7/h1-6,16H,12H2,(H,15,18). The molecule has 2 aromatic rings. The van der Waals surface area contributed by atoms with Crippen LogP contribution in [0.25, 0.3) is 0 Å². The quantitative estimate of drug-likeness (QED) is 0.428. The van der Waals surface area contributed by atoms with Crippen molar-refractivity contribution >= 4 is 23.0 Å². The van der Waals surface area contributed by atoms with E-state index in [1.165, 1.54) is 36.9 Å². The first-order chi connectivity index (χ1) is 9.63. The number of hydrogen-bond donors (Lipinski definition) is 3. The predicted octanol–water partition coefficient (Wildman–Crippen LogP) is 0.923. The van der Waals surface area contributed by atoms with Crippen LogP contribution in [0.4, 0.5) is 17.1 Å². The Labute approximate surface area is 113 Å². The summed E-state index contributed by atoms with van der Waals surface area (Å²) in [5.41, 5.74) is 2.05. The average molecular weight is 274 g/mol. The normalized spacial score (nSPS) is 9.85. The summed E-state index contributed by atoms with van der Waals surface area (Å²) >= 11 is 0. The number of anilines is 2. The van der Waals surface area contributed by atoms with Crippen LogP contribution in [0.1, 0.15) is 10.4 Å². The highest BCUT2D eigenvalue weighted by Crippen LogP contribution is 2.28. The van der Waals surface area contributed by atoms with Gasteiger partial charge in [0.1, 0.15) is 17.6 Å². The number of hydrogen-bond acceptors (Lipinski definition) is 7. The van der Waals surface area contributed by atoms with E-state index in [4.69, 9.17) is 5.84 Å². The fraction of sp³-hybridized carbons (Fsp3) is 0. The van der Waals surface area contributed by atoms with Crippen LogP contribution in [-0.4, -0.2) is 20.8 Å². The van der Waals surface area contributed by atoms with Crippen LogP contribution in [0.3, 0.4) is 0 Å². The van der Waals surface area contributed by atoms with Gasteiger partial charge in [-0.15, -0.1) is 0 Å². The Hall–Kier alpha value is -3.07. The smallest absolute Gasteiger partial charge is 0.306 e. The maximum atomic E-state index is 12.1. The van der Waals surface area contributed by atoms with Gasteiger partial charge in [-0.1, -0.05) is 6.07 Å². The van der Waals surface area contributed by atoms with Gasteiger partial charge in [0.05, 0.1) is 23.0 Å². The Balaban J connectivity index is 2.37. The van der Waals surface area contributed by atoms with E-state index in [0.29, 0.717) is 5.69 Å². The van der Waals surface area contributed by atoms with Crippen molar-refractivity contribution < 1.29 is 9.72 Å². The monoisotopic (exact) mass is 274 g/mol. The number of nitrogens with one attached hydrogen (secondary N) is 2. The molecular weight excluding hydrogens is 264 g/mol. The zero-order valence-corrected chi connectivity index (χ0v) is 10.1. The number of para-hydroxylation sites is 1. The maximum Gasteiger partial charge on any atom is 0.306 e. The Morgan fingerprint density at radius 1 is 1.30 bits per heavy atom. The molecule has 2 rings (SSSR count). The molecule has 1 aromatic heterocycles. The number of benzene rings is 1. The van der Waals surface area contributed by atoms with Crippen LogP contribution >= 0.6 is 0 Å². The summed E-state index contributed by atoms with van der Waals surface area (Å²) in [7, 11) is 0. The van der Waals surface area contributed by atoms with Crippen LogP contribution in [0.15, 0.2) is 36.9 Å². The van der Waals surface area contributed by atoms with E-state index >= 15 is 0 Å². The number of amides is 1. The van der Waals surface area contributed by atoms with E-state index in [1.54, 1.807) is 0 Å². The van der Waals surface area contributed by atoms with Gasteiger partial charge in [0, 0.05) is 0 Å². The fourth-order valence-corrected chi connectivity index (χ4v) is 1.60. The third kappa shape index (κ3) is 2.67. The zero-order chi connectivity index (χ0) is 14.5. The number of nitro groups is 1. The number of rotatable bonds is 4. The minimum atomic E-state index is -0.675. The van der Waals surface area contributed by atoms with Crippen LogP contribution in [0.5, 0.6) is 0 Å². The summed E-state index contributed by atoms with van der Waals surface area (Å²) in [6.07, 6.45) is 4.06. The Morgan fingerprint density at radius 3 is 2.60 bits per heavy atom. The number of hydrazine groups is 1. The average Bonchev–Trinajstić information content (AvgIpc) is 2.47. The van der Waals surface area contributed by atoms with Crippen LogP contribution in [-0.2, 0) is 0 Å². The lowest BCUT2D eigenvalue weighted by Gasteiger charge is -2.07. The zero-order valence-electron chi connectivity index (χ0n) is 10.1. The topological polar surface area (TPSA) is 136 Å². The molecule has 9 heteroatoms. The van der Waals surface area contributed by atoms with Crippen molar-refractivity contribution in [3.8, 4) is 0 Å². The maximum absolute atomic E-state index is 12.1. The Kier molecular flexibility index (Phi) is 3.82. The first-order valence-electron chi connectivity index (χ1n) is 5.44. The van der Waals surface area contributed by atoms with Crippen molar-refractivity contribution in [1.82, 2.24) is 9.97 Å². The highest BCUT2D eigenvalue weighted by molar-refractivity contribution is 6.08. The number of nitrogen functional groups attached to an aromatic ring is 1. The van der Waals surface area contributed by atoms with Gasteiger partial charge in [0.25, 0.3) is 5.91 Å². The molecule has 0 bridgehead atoms. The molecule has 0 unspecified atom stereocenters. The number of nitro benzene ring substituents is 1. The van der Waals surface area contributed by atoms with Crippen molar-refractivity contribution in [1.29, 1.82) is 0 Å². The first kappa shape index (κ1) is 13.4. The number of carbonyl (C=O) groups is 1. The molecular formula is C11H10N6O3. The molecule has 0 saturated heterocycles. The van der Waals surface area contributed by atoms with E-state index in [9.17, 15) is 14.9 Å². The molecule has 20 heavy (non-hydrogen) atoms. The predicted molar refractivity (Wildman–Crippen MR) is 70.9 cm³/mol. The van der Waals surface area contributed by atoms with E-state index in [-0.39, 0.29) is 11.3 Å². The van der Waals surface area contributed by atoms with E-state index < -0.39 is 16.5 Å². The van der Waals surface area contributed by atoms with Crippen molar-refractivity contribution in [3.63, 3.8) is 0 Å². The Morgan fingerprint density at radius 2 is 2.00 bits per heavy atom. The highest BCUT2D eigenvalue weighted by Gasteiger charge is 2.24. The number of aromatic nitrogens is 2. The van der Waals surface area contributed by atoms with Gasteiger partial charge < -0.3 is 10.7 Å². The number of nitrogens with two attached hydrogens (primary N) is 1. The summed E-state index contributed by atoms with van der Waals surface area (Å²) < 4.78 is 0. The summed E-state index contributed by atoms with van der Waals surface area (Å²) in [6, 6.07) is 4.22. The molecule has 9 nitrogen and oxygen atoms in total. The molecule has 0 saturated carbocycles. The molecule has 0 radical (unpaired) electrons. The molecule has 1 amide bonds. The van der Waals surface area contributed by atoms with Gasteiger partial charge in [0.2, 0.25) is 0 Å². The molecule has 0 aliphatic carbocycles. The third-order valence-corrected chi connectivity index (χ3v) is 2.44. The van der Waals surface area contributed by atoms with Gasteiger partial charge in [-0.3, -0.25) is 20.8 Å². The molecule has 1 heterocycles. The molecule has 0 atom stereocenters. The summed E-state index contributed by atoms with van der Waals surface area (Å²) in [5, 5.41) is 13.5. The summed E-state index contributed by atoms with van der Waals surface area (Å²) in [4.78, 5) is 29.9. The van der Waals surface area contributed by atoms with Crippen molar-refractivity contribution in [2.45, 2.75) is 0 Å². The lowest BCUT2D eigenvalue weighted by Crippen LogP contribution is -2.16. The minimum absolute atomic E-state index is 0.0481. The summed E-state index contributed by atoms with van der Waals surface area (Å²) in [6.45, 7) is 0. The number of carbonyl (C=O) groups excluding carboxylic acids is 1. The van der Waals surface area contributed by atoms with E-state index in [1.807, 2.05) is 0 Å². The second-order valence-corrected chi connectivity index (χ2v) is 3.68. The second-order valence-electron chi connectivity index (χ2n) is 3.68. The highest BCUT2D eigenvalue weighted by atomic mass is 16.6. The van der Waals surface area contributed by atoms with Gasteiger partial charge >= 0.3 is 5.69 Å². The second kappa shape index (κ2) is 5.71. The van der Waals surface area contributed by atoms with E-state index in [2.05, 4.69) is 20.7 Å². The van der Waals surface area contributed by atoms with Crippen LogP contribution in [0.2, 0.25) is 0 Å². The first-order valence-corrected chi connectivity index (χ1v) is 5.44. The van der Waals surface area contributed by atoms with Crippen molar-refractivity contribution in [2.24, 2.45) is 5.84 Å². The third-order valence-electron chi connectivity index (χ3n) is 2.44. The van der Waals surface area contributed by atoms with Gasteiger partial charge in [0.15, 0.2) is 0 Å². The number of nitrogens with zero attached hydrogens (tertiary/aromatic N) is 3. The SMILES string of the molecule is NNc1cccc(C(=O)Nc2cncnc2)c1[N+](=O)[O-]. The fourth-order valence-electron chi connectivity index (χ4n) is 1.60. The van der Waals surface area contributed by atoms with Crippen molar-refractivity contribution in [2.75, 3.05) is 10.7 Å². The molecule has 102 valence electrons. The molecule has 0 aliphatic heterocycles. The lowest BCUT2D eigenvalue weighted by molar-refractivity contribution is -0.384. The largest absolute Gasteiger partial charge is 0.319 e. The molecule has 4 N–H and O–H groups in total. The summed E-state index contributed by atoms with van der Waals surface area (Å²) in [5.74, 6) is 4.55. The van der Waals surface area contributed by atoms with Crippen LogP contribution in [0, 0.1) is 10.1 Å². The molecule has 0 aliphatic rings. The molecule has 0 fully saturated rings. The molecule has 1 aromatic carbocycles. The minimum Gasteiger partial charge on any atom is -0.319 e. The van der Waals surface area contributed by atoms with Gasteiger partial charge in [-0.05, 0) is 12.1 Å². The van der Waals surface area contributed by atoms with Gasteiger partial charge in [-0.25, -0.2) is 9.97 Å². The molecule has 0 spiro atoms. The van der Waals surface area contributed by atoms with Gasteiger partial charge in [-0.2, -0.15) is 0 Å². The van der Waals surface area contributed by atoms with Crippen molar-refractivity contribution in [3.05, 3.63) is 52.6 Å². The lowest BCUT2D eigenvalue weighted by atomic mass is 10.1. The Bertz CT molecular complexity index is 646. The van der Waals surface area contributed by atoms with Crippen LogP contribution < -0.4 is 16.6 Å².